The Kier molecular flexibility index (Phi) is 3.74. The van der Waals surface area contributed by atoms with Gasteiger partial charge in [-0.05, 0) is 37.1 Å². The first-order chi connectivity index (χ1) is 8.84. The summed E-state index contributed by atoms with van der Waals surface area (Å²) in [4.78, 5) is 0. The molecule has 100 valence electrons. The van der Waals surface area contributed by atoms with Gasteiger partial charge >= 0.3 is 0 Å². The minimum atomic E-state index is -1.59. The number of halogens is 3. The number of rotatable bonds is 2. The summed E-state index contributed by atoms with van der Waals surface area (Å²) in [5, 5.41) is 10.6. The molecule has 2 aromatic rings. The zero-order valence-corrected chi connectivity index (χ0v) is 12.1. The third-order valence-electron chi connectivity index (χ3n) is 3.19. The van der Waals surface area contributed by atoms with Gasteiger partial charge in [0, 0.05) is 10.0 Å². The highest BCUT2D eigenvalue weighted by molar-refractivity contribution is 9.10. The Balaban J connectivity index is 2.60. The fraction of sp³-hybridized carbons (Fsp3) is 0.200. The summed E-state index contributed by atoms with van der Waals surface area (Å²) in [7, 11) is 0. The summed E-state index contributed by atoms with van der Waals surface area (Å²) in [5.41, 5.74) is -0.966. The van der Waals surface area contributed by atoms with Gasteiger partial charge in [0.2, 0.25) is 0 Å². The molecule has 0 heterocycles. The molecule has 1 unspecified atom stereocenters. The van der Waals surface area contributed by atoms with E-state index in [1.807, 2.05) is 0 Å². The van der Waals surface area contributed by atoms with Crippen molar-refractivity contribution in [2.75, 3.05) is 0 Å². The molecule has 2 aromatic carbocycles. The van der Waals surface area contributed by atoms with Crippen LogP contribution in [0.1, 0.15) is 23.6 Å². The van der Waals surface area contributed by atoms with Crippen molar-refractivity contribution in [3.8, 4) is 0 Å². The van der Waals surface area contributed by atoms with Crippen LogP contribution in [0.5, 0.6) is 0 Å². The zero-order valence-electron chi connectivity index (χ0n) is 10.5. The lowest BCUT2D eigenvalue weighted by molar-refractivity contribution is 0.0969. The standard InChI is InChI=1S/C15H13BrF2O/c1-9-6-7-12(14(18)13(9)17)15(2,19)10-4-3-5-11(16)8-10/h3-8,19H,1-2H3. The van der Waals surface area contributed by atoms with Crippen LogP contribution in [0, 0.1) is 18.6 Å². The molecule has 1 N–H and O–H groups in total. The van der Waals surface area contributed by atoms with Crippen LogP contribution in [0.2, 0.25) is 0 Å². The maximum atomic E-state index is 14.0. The molecular weight excluding hydrogens is 314 g/mol. The van der Waals surface area contributed by atoms with Crippen molar-refractivity contribution in [3.63, 3.8) is 0 Å². The van der Waals surface area contributed by atoms with E-state index < -0.39 is 17.2 Å². The Morgan fingerprint density at radius 1 is 1.11 bits per heavy atom. The molecule has 2 rings (SSSR count). The zero-order chi connectivity index (χ0) is 14.2. The third kappa shape index (κ3) is 2.55. The Labute approximate surface area is 119 Å². The molecule has 1 nitrogen and oxygen atoms in total. The molecule has 0 fully saturated rings. The van der Waals surface area contributed by atoms with Gasteiger partial charge in [0.05, 0.1) is 0 Å². The van der Waals surface area contributed by atoms with Gasteiger partial charge in [-0.15, -0.1) is 0 Å². The molecule has 0 aliphatic heterocycles. The number of aliphatic hydroxyl groups is 1. The second-order valence-corrected chi connectivity index (χ2v) is 5.56. The van der Waals surface area contributed by atoms with E-state index in [1.54, 1.807) is 24.3 Å². The second-order valence-electron chi connectivity index (χ2n) is 4.64. The second kappa shape index (κ2) is 5.02. The maximum Gasteiger partial charge on any atom is 0.165 e. The highest BCUT2D eigenvalue weighted by Gasteiger charge is 2.30. The van der Waals surface area contributed by atoms with Crippen LogP contribution in [0.3, 0.4) is 0 Å². The summed E-state index contributed by atoms with van der Waals surface area (Å²) in [6, 6.07) is 9.75. The Bertz CT molecular complexity index is 624. The average Bonchev–Trinajstić information content (AvgIpc) is 2.36. The van der Waals surface area contributed by atoms with E-state index in [1.165, 1.54) is 26.0 Å². The predicted octanol–water partition coefficient (Wildman–Crippen LogP) is 4.29. The number of hydrogen-bond donors (Lipinski definition) is 1. The molecule has 0 spiro atoms. The van der Waals surface area contributed by atoms with E-state index in [2.05, 4.69) is 15.9 Å². The minimum absolute atomic E-state index is 0.0753. The van der Waals surface area contributed by atoms with Crippen molar-refractivity contribution < 1.29 is 13.9 Å². The van der Waals surface area contributed by atoms with Crippen LogP contribution in [-0.4, -0.2) is 5.11 Å². The van der Waals surface area contributed by atoms with Gasteiger partial charge in [0.15, 0.2) is 11.6 Å². The van der Waals surface area contributed by atoms with Crippen LogP contribution < -0.4 is 0 Å². The molecule has 0 aliphatic carbocycles. The van der Waals surface area contributed by atoms with Crippen molar-refractivity contribution in [1.29, 1.82) is 0 Å². The number of hydrogen-bond acceptors (Lipinski definition) is 1. The molecule has 0 aromatic heterocycles. The highest BCUT2D eigenvalue weighted by Crippen LogP contribution is 2.33. The number of benzene rings is 2. The molecular formula is C15H13BrF2O. The third-order valence-corrected chi connectivity index (χ3v) is 3.68. The normalized spacial score (nSPS) is 14.2. The smallest absolute Gasteiger partial charge is 0.165 e. The van der Waals surface area contributed by atoms with E-state index in [-0.39, 0.29) is 11.1 Å². The van der Waals surface area contributed by atoms with Crippen molar-refractivity contribution in [1.82, 2.24) is 0 Å². The Hall–Kier alpha value is -1.26. The lowest BCUT2D eigenvalue weighted by Crippen LogP contribution is -2.25. The Morgan fingerprint density at radius 3 is 2.42 bits per heavy atom. The molecule has 0 saturated heterocycles. The van der Waals surface area contributed by atoms with Gasteiger partial charge in [-0.25, -0.2) is 8.78 Å². The summed E-state index contributed by atoms with van der Waals surface area (Å²) in [6.45, 7) is 2.93. The lowest BCUT2D eigenvalue weighted by Gasteiger charge is -2.25. The molecule has 0 aliphatic rings. The minimum Gasteiger partial charge on any atom is -0.381 e. The van der Waals surface area contributed by atoms with E-state index in [4.69, 9.17) is 0 Å². The largest absolute Gasteiger partial charge is 0.381 e. The van der Waals surface area contributed by atoms with Gasteiger partial charge in [0.1, 0.15) is 5.60 Å². The molecule has 1 atom stereocenters. The van der Waals surface area contributed by atoms with Gasteiger partial charge in [-0.3, -0.25) is 0 Å². The molecule has 0 saturated carbocycles. The molecule has 19 heavy (non-hydrogen) atoms. The summed E-state index contributed by atoms with van der Waals surface area (Å²) < 4.78 is 28.4. The van der Waals surface area contributed by atoms with Crippen molar-refractivity contribution >= 4 is 15.9 Å². The molecule has 0 radical (unpaired) electrons. The summed E-state index contributed by atoms with van der Waals surface area (Å²) >= 11 is 3.29. The molecule has 0 amide bonds. The molecule has 4 heteroatoms. The Morgan fingerprint density at radius 2 is 1.79 bits per heavy atom. The topological polar surface area (TPSA) is 20.2 Å². The fourth-order valence-electron chi connectivity index (χ4n) is 1.97. The predicted molar refractivity (Wildman–Crippen MR) is 73.9 cm³/mol. The maximum absolute atomic E-state index is 14.0. The van der Waals surface area contributed by atoms with Crippen LogP contribution >= 0.6 is 15.9 Å². The van der Waals surface area contributed by atoms with Gasteiger partial charge in [-0.1, -0.05) is 40.2 Å². The first kappa shape index (κ1) is 14.2. The highest BCUT2D eigenvalue weighted by atomic mass is 79.9. The van der Waals surface area contributed by atoms with Gasteiger partial charge in [-0.2, -0.15) is 0 Å². The number of aryl methyl sites for hydroxylation is 1. The summed E-state index contributed by atoms with van der Waals surface area (Å²) in [6.07, 6.45) is 0. The van der Waals surface area contributed by atoms with Crippen molar-refractivity contribution in [3.05, 3.63) is 69.2 Å². The van der Waals surface area contributed by atoms with Crippen LogP contribution in [-0.2, 0) is 5.60 Å². The van der Waals surface area contributed by atoms with Gasteiger partial charge < -0.3 is 5.11 Å². The molecule has 0 bridgehead atoms. The lowest BCUT2D eigenvalue weighted by atomic mass is 9.87. The SMILES string of the molecule is Cc1ccc(C(C)(O)c2cccc(Br)c2)c(F)c1F. The van der Waals surface area contributed by atoms with E-state index in [9.17, 15) is 13.9 Å². The van der Waals surface area contributed by atoms with Crippen LogP contribution in [0.15, 0.2) is 40.9 Å². The van der Waals surface area contributed by atoms with E-state index >= 15 is 0 Å². The quantitative estimate of drug-likeness (QED) is 0.872. The first-order valence-electron chi connectivity index (χ1n) is 5.77. The fourth-order valence-corrected chi connectivity index (χ4v) is 2.37. The van der Waals surface area contributed by atoms with Gasteiger partial charge in [0.25, 0.3) is 0 Å². The van der Waals surface area contributed by atoms with Crippen LogP contribution in [0.25, 0.3) is 0 Å². The van der Waals surface area contributed by atoms with Crippen molar-refractivity contribution in [2.45, 2.75) is 19.4 Å². The van der Waals surface area contributed by atoms with Crippen molar-refractivity contribution in [2.24, 2.45) is 0 Å². The first-order valence-corrected chi connectivity index (χ1v) is 6.57. The average molecular weight is 327 g/mol. The summed E-state index contributed by atoms with van der Waals surface area (Å²) in [5.74, 6) is -1.93. The van der Waals surface area contributed by atoms with E-state index in [0.29, 0.717) is 5.56 Å². The monoisotopic (exact) mass is 326 g/mol. The van der Waals surface area contributed by atoms with Crippen LogP contribution in [0.4, 0.5) is 8.78 Å². The van der Waals surface area contributed by atoms with E-state index in [0.717, 1.165) is 4.47 Å².